The highest BCUT2D eigenvalue weighted by atomic mass is 32.2. The molecule has 4 rings (SSSR count). The lowest BCUT2D eigenvalue weighted by Gasteiger charge is -2.51. The van der Waals surface area contributed by atoms with Crippen LogP contribution in [0.2, 0.25) is 0 Å². The number of esters is 1. The number of aliphatic hydroxyl groups is 1. The molecule has 0 aliphatic carbocycles. The van der Waals surface area contributed by atoms with Crippen molar-refractivity contribution < 1.29 is 38.9 Å². The number of carbonyl (C=O) groups is 5. The summed E-state index contributed by atoms with van der Waals surface area (Å²) in [5.41, 5.74) is 6.18. The second-order valence-corrected chi connectivity index (χ2v) is 9.65. The zero-order chi connectivity index (χ0) is 23.3. The molecule has 0 radical (unpaired) electrons. The summed E-state index contributed by atoms with van der Waals surface area (Å²) in [4.78, 5) is 63.3. The minimum absolute atomic E-state index is 0.00110. The standard InChI is InChI=1S/C18H20N4O8S2/c1-6(24)30-3-8-5-31-16-9(19)14(26)21(16)11(8)13(25)20-10-15(27)22-12(18(28)29)7(2-23)4-32-17(10)22/h9-10,16-17,23H,2-5,19H2,1H3,(H,20,25)(H,28,29)/t9-,10-,16-,17-/m1/s1. The first kappa shape index (κ1) is 22.6. The molecule has 0 aromatic heterocycles. The average Bonchev–Trinajstić information content (AvgIpc) is 2.78. The molecule has 3 amide bonds. The van der Waals surface area contributed by atoms with Gasteiger partial charge in [0.1, 0.15) is 40.8 Å². The van der Waals surface area contributed by atoms with Gasteiger partial charge < -0.3 is 26.0 Å². The zero-order valence-electron chi connectivity index (χ0n) is 16.8. The number of carbonyl (C=O) groups excluding carboxylic acids is 4. The highest BCUT2D eigenvalue weighted by Crippen LogP contribution is 2.42. The second-order valence-electron chi connectivity index (χ2n) is 7.44. The van der Waals surface area contributed by atoms with Crippen molar-refractivity contribution in [3.05, 3.63) is 22.5 Å². The molecule has 0 aromatic carbocycles. The van der Waals surface area contributed by atoms with Crippen molar-refractivity contribution in [2.75, 3.05) is 24.7 Å². The number of nitrogens with zero attached hydrogens (tertiary/aromatic N) is 2. The van der Waals surface area contributed by atoms with E-state index >= 15 is 0 Å². The van der Waals surface area contributed by atoms with Crippen LogP contribution >= 0.6 is 23.5 Å². The molecule has 4 heterocycles. The Morgan fingerprint density at radius 3 is 2.34 bits per heavy atom. The molecule has 0 aromatic rings. The number of thioether (sulfide) groups is 2. The van der Waals surface area contributed by atoms with Crippen molar-refractivity contribution in [1.82, 2.24) is 15.1 Å². The van der Waals surface area contributed by atoms with E-state index in [9.17, 15) is 34.2 Å². The van der Waals surface area contributed by atoms with Gasteiger partial charge in [0.2, 0.25) is 5.91 Å². The average molecular weight is 485 g/mol. The van der Waals surface area contributed by atoms with Crippen LogP contribution in [0.25, 0.3) is 0 Å². The van der Waals surface area contributed by atoms with E-state index in [4.69, 9.17) is 10.5 Å². The summed E-state index contributed by atoms with van der Waals surface area (Å²) in [6, 6.07) is -1.77. The molecule has 4 atom stereocenters. The molecule has 2 fully saturated rings. The number of nitrogens with two attached hydrogens (primary N) is 1. The van der Waals surface area contributed by atoms with Crippen molar-refractivity contribution in [3.63, 3.8) is 0 Å². The Bertz CT molecular complexity index is 995. The number of nitrogens with one attached hydrogen (secondary N) is 1. The Kier molecular flexibility index (Phi) is 5.96. The second kappa shape index (κ2) is 8.42. The molecule has 2 saturated heterocycles. The first-order valence-corrected chi connectivity index (χ1v) is 11.6. The van der Waals surface area contributed by atoms with Crippen LogP contribution in [0.15, 0.2) is 22.5 Å². The van der Waals surface area contributed by atoms with Crippen LogP contribution < -0.4 is 11.1 Å². The SMILES string of the molecule is CC(=O)OCC1=C(C(=O)N[C@@H]2C(=O)N3C(C(=O)O)=C(CO)CS[C@H]23)N2C(=O)[C@@H](N)[C@H]2SC1. The monoisotopic (exact) mass is 484 g/mol. The summed E-state index contributed by atoms with van der Waals surface area (Å²) in [5, 5.41) is 20.3. The molecular formula is C18H20N4O8S2. The topological polar surface area (TPSA) is 180 Å². The Labute approximate surface area is 190 Å². The number of carboxylic acid groups (broad SMARTS) is 1. The van der Waals surface area contributed by atoms with Crippen LogP contribution in [0.5, 0.6) is 0 Å². The molecule has 4 aliphatic heterocycles. The maximum absolute atomic E-state index is 13.2. The minimum Gasteiger partial charge on any atom is -0.477 e. The Morgan fingerprint density at radius 2 is 1.72 bits per heavy atom. The lowest BCUT2D eigenvalue weighted by atomic mass is 10.0. The lowest BCUT2D eigenvalue weighted by Crippen LogP contribution is -2.72. The Hall–Kier alpha value is -2.55. The third-order valence-electron chi connectivity index (χ3n) is 5.48. The maximum atomic E-state index is 13.2. The van der Waals surface area contributed by atoms with Gasteiger partial charge in [-0.05, 0) is 5.57 Å². The van der Waals surface area contributed by atoms with Gasteiger partial charge in [-0.3, -0.25) is 29.0 Å². The molecule has 0 saturated carbocycles. The molecule has 12 nitrogen and oxygen atoms in total. The van der Waals surface area contributed by atoms with E-state index in [1.54, 1.807) is 0 Å². The van der Waals surface area contributed by atoms with E-state index < -0.39 is 59.1 Å². The van der Waals surface area contributed by atoms with E-state index in [1.165, 1.54) is 35.3 Å². The molecule has 5 N–H and O–H groups in total. The number of β-lactam (4-membered cyclic amide) rings is 2. The normalized spacial score (nSPS) is 29.1. The highest BCUT2D eigenvalue weighted by molar-refractivity contribution is 8.00. The van der Waals surface area contributed by atoms with Gasteiger partial charge in [-0.15, -0.1) is 23.5 Å². The molecular weight excluding hydrogens is 464 g/mol. The van der Waals surface area contributed by atoms with Crippen LogP contribution in [-0.4, -0.2) is 97.2 Å². The highest BCUT2D eigenvalue weighted by Gasteiger charge is 2.56. The van der Waals surface area contributed by atoms with Crippen LogP contribution in [0.1, 0.15) is 6.92 Å². The van der Waals surface area contributed by atoms with E-state index in [2.05, 4.69) is 5.32 Å². The van der Waals surface area contributed by atoms with Crippen LogP contribution in [0.3, 0.4) is 0 Å². The third-order valence-corrected chi connectivity index (χ3v) is 8.18. The summed E-state index contributed by atoms with van der Waals surface area (Å²) in [6.45, 7) is 0.538. The first-order chi connectivity index (χ1) is 15.2. The molecule has 0 spiro atoms. The van der Waals surface area contributed by atoms with Gasteiger partial charge >= 0.3 is 11.9 Å². The number of ether oxygens (including phenoxy) is 1. The molecule has 32 heavy (non-hydrogen) atoms. The summed E-state index contributed by atoms with van der Waals surface area (Å²) in [5.74, 6) is -3.17. The summed E-state index contributed by atoms with van der Waals surface area (Å²) in [6.07, 6.45) is 0. The fourth-order valence-electron chi connectivity index (χ4n) is 3.91. The maximum Gasteiger partial charge on any atom is 0.352 e. The number of aliphatic hydroxyl groups excluding tert-OH is 1. The first-order valence-electron chi connectivity index (χ1n) is 9.54. The van der Waals surface area contributed by atoms with E-state index in [0.29, 0.717) is 11.3 Å². The predicted octanol–water partition coefficient (Wildman–Crippen LogP) is -2.22. The lowest BCUT2D eigenvalue weighted by molar-refractivity contribution is -0.151. The molecule has 0 bridgehead atoms. The van der Waals surface area contributed by atoms with Gasteiger partial charge in [-0.2, -0.15) is 0 Å². The van der Waals surface area contributed by atoms with Gasteiger partial charge in [0.05, 0.1) is 6.61 Å². The molecule has 0 unspecified atom stereocenters. The number of hydrogen-bond acceptors (Lipinski definition) is 10. The Morgan fingerprint density at radius 1 is 1.09 bits per heavy atom. The van der Waals surface area contributed by atoms with Crippen molar-refractivity contribution in [3.8, 4) is 0 Å². The van der Waals surface area contributed by atoms with Crippen molar-refractivity contribution in [2.45, 2.75) is 29.8 Å². The van der Waals surface area contributed by atoms with Crippen LogP contribution in [0.4, 0.5) is 0 Å². The van der Waals surface area contributed by atoms with Crippen LogP contribution in [0, 0.1) is 0 Å². The molecule has 4 aliphatic rings. The number of amides is 3. The molecule has 14 heteroatoms. The third kappa shape index (κ3) is 3.46. The van der Waals surface area contributed by atoms with Crippen molar-refractivity contribution >= 4 is 53.2 Å². The number of aliphatic carboxylic acids is 1. The van der Waals surface area contributed by atoms with Crippen molar-refractivity contribution in [1.29, 1.82) is 0 Å². The van der Waals surface area contributed by atoms with E-state index in [1.807, 2.05) is 0 Å². The van der Waals surface area contributed by atoms with Crippen molar-refractivity contribution in [2.24, 2.45) is 5.73 Å². The molecule has 172 valence electrons. The summed E-state index contributed by atoms with van der Waals surface area (Å²) < 4.78 is 5.01. The summed E-state index contributed by atoms with van der Waals surface area (Å²) in [7, 11) is 0. The fraction of sp³-hybridized carbons (Fsp3) is 0.500. The Balaban J connectivity index is 1.56. The summed E-state index contributed by atoms with van der Waals surface area (Å²) >= 11 is 2.56. The largest absolute Gasteiger partial charge is 0.477 e. The number of carboxylic acids is 1. The van der Waals surface area contributed by atoms with Gasteiger partial charge in [0, 0.05) is 24.0 Å². The number of hydrogen-bond donors (Lipinski definition) is 4. The van der Waals surface area contributed by atoms with E-state index in [0.717, 1.165) is 4.90 Å². The van der Waals surface area contributed by atoms with Gasteiger partial charge in [0.25, 0.3) is 11.8 Å². The van der Waals surface area contributed by atoms with Crippen LogP contribution in [-0.2, 0) is 28.7 Å². The van der Waals surface area contributed by atoms with Gasteiger partial charge in [-0.1, -0.05) is 0 Å². The minimum atomic E-state index is -1.34. The number of fused-ring (bicyclic) bond motifs is 2. The smallest absolute Gasteiger partial charge is 0.352 e. The van der Waals surface area contributed by atoms with Gasteiger partial charge in [-0.25, -0.2) is 4.79 Å². The van der Waals surface area contributed by atoms with E-state index in [-0.39, 0.29) is 29.3 Å². The fourth-order valence-corrected chi connectivity index (χ4v) is 6.52. The quantitative estimate of drug-likeness (QED) is 0.237. The number of rotatable bonds is 6. The zero-order valence-corrected chi connectivity index (χ0v) is 18.4. The van der Waals surface area contributed by atoms with Gasteiger partial charge in [0.15, 0.2) is 0 Å². The predicted molar refractivity (Wildman–Crippen MR) is 111 cm³/mol.